The molecule has 7 saturated heterocycles. The van der Waals surface area contributed by atoms with Gasteiger partial charge in [0.15, 0.2) is 0 Å². The molecule has 6 aromatic carbocycles. The summed E-state index contributed by atoms with van der Waals surface area (Å²) in [6, 6.07) is 52.6. The van der Waals surface area contributed by atoms with Crippen LogP contribution in [0.3, 0.4) is 0 Å². The van der Waals surface area contributed by atoms with E-state index in [1.165, 1.54) is 18.3 Å². The van der Waals surface area contributed by atoms with Gasteiger partial charge in [0.25, 0.3) is 0 Å². The lowest BCUT2D eigenvalue weighted by molar-refractivity contribution is 0.121. The first-order valence-corrected chi connectivity index (χ1v) is 45.5. The van der Waals surface area contributed by atoms with Crippen LogP contribution in [0.4, 0.5) is 80.7 Å². The second-order valence-electron chi connectivity index (χ2n) is 31.8. The highest BCUT2D eigenvalue weighted by Gasteiger charge is 2.28. The molecule has 40 nitrogen and oxygen atoms in total. The Morgan fingerprint density at radius 1 is 0.416 bits per heavy atom. The van der Waals surface area contributed by atoms with Crippen molar-refractivity contribution in [1.82, 2.24) is 83.9 Å². The van der Waals surface area contributed by atoms with Crippen molar-refractivity contribution in [1.29, 1.82) is 0 Å². The molecular weight excluding hydrogens is 1750 g/mol. The maximum atomic E-state index is 13.0. The molecular formula is C96H111FN30O10. The molecule has 20 rings (SSSR count). The zero-order chi connectivity index (χ0) is 94.1. The van der Waals surface area contributed by atoms with Gasteiger partial charge in [-0.2, -0.15) is 54.9 Å². The van der Waals surface area contributed by atoms with Gasteiger partial charge in [0.1, 0.15) is 53.2 Å². The Balaban J connectivity index is 0.000000124. The Labute approximate surface area is 792 Å². The Morgan fingerprint density at radius 2 is 0.825 bits per heavy atom. The molecule has 7 aliphatic heterocycles. The van der Waals surface area contributed by atoms with Crippen molar-refractivity contribution in [3.8, 4) is 29.1 Å². The zero-order valence-corrected chi connectivity index (χ0v) is 77.0. The normalized spacial score (nSPS) is 15.9. The Hall–Kier alpha value is -15.0. The first kappa shape index (κ1) is 95.2. The quantitative estimate of drug-likeness (QED) is 0.0374. The highest BCUT2D eigenvalue weighted by atomic mass is 19.1. The second-order valence-corrected chi connectivity index (χ2v) is 31.8. The van der Waals surface area contributed by atoms with Crippen LogP contribution in [-0.2, 0) is 46.2 Å². The number of imidazole rings is 2. The van der Waals surface area contributed by atoms with Crippen LogP contribution in [0.25, 0.3) is 11.9 Å². The Morgan fingerprint density at radius 3 is 1.30 bits per heavy atom. The molecule has 0 radical (unpaired) electrons. The molecule has 3 N–H and O–H groups in total. The number of nitrogens with one attached hydrogen (secondary N) is 1. The lowest BCUT2D eigenvalue weighted by atomic mass is 10.1. The highest BCUT2D eigenvalue weighted by molar-refractivity contribution is 5.98. The van der Waals surface area contributed by atoms with Crippen molar-refractivity contribution < 1.29 is 52.5 Å². The van der Waals surface area contributed by atoms with Crippen molar-refractivity contribution in [2.45, 2.75) is 26.9 Å². The number of hydrogen-bond acceptors (Lipinski definition) is 38. The van der Waals surface area contributed by atoms with Gasteiger partial charge < -0.3 is 87.3 Å². The molecule has 0 unspecified atom stereocenters. The van der Waals surface area contributed by atoms with Crippen LogP contribution in [0.2, 0.25) is 0 Å². The largest absolute Gasteiger partial charge is 0.507 e. The van der Waals surface area contributed by atoms with Crippen LogP contribution in [0.15, 0.2) is 222 Å². The number of aromatic nitrogens is 17. The van der Waals surface area contributed by atoms with Crippen molar-refractivity contribution in [3.05, 3.63) is 247 Å². The summed E-state index contributed by atoms with van der Waals surface area (Å²) in [4.78, 5) is 96.8. The number of aromatic hydroxyl groups is 2. The van der Waals surface area contributed by atoms with Crippen molar-refractivity contribution >= 4 is 94.4 Å². The number of phenols is 2. The van der Waals surface area contributed by atoms with Gasteiger partial charge in [-0.05, 0) is 98.3 Å². The number of aliphatic imine (C=N–C) groups is 2. The number of hydrazone groups is 1. The third kappa shape index (κ3) is 27.0. The highest BCUT2D eigenvalue weighted by Crippen LogP contribution is 2.35. The van der Waals surface area contributed by atoms with E-state index in [-0.39, 0.29) is 17.3 Å². The van der Waals surface area contributed by atoms with Crippen molar-refractivity contribution in [2.24, 2.45) is 15.1 Å². The molecule has 0 bridgehead atoms. The molecule has 0 aliphatic carbocycles. The summed E-state index contributed by atoms with van der Waals surface area (Å²) in [7, 11) is 3.52. The summed E-state index contributed by atoms with van der Waals surface area (Å²) in [6.45, 7) is 24.9. The fraction of sp³-hybridized carbons (Fsp3) is 0.354. The van der Waals surface area contributed by atoms with E-state index in [9.17, 15) is 14.6 Å². The first-order valence-electron chi connectivity index (χ1n) is 45.5. The molecule has 0 amide bonds. The molecule has 41 heteroatoms. The van der Waals surface area contributed by atoms with E-state index in [0.29, 0.717) is 189 Å². The number of nitrogens with zero attached hydrogens (tertiary/aromatic N) is 29. The number of aryl methyl sites for hydroxylation is 1. The Kier molecular flexibility index (Phi) is 33.9. The van der Waals surface area contributed by atoms with Gasteiger partial charge >= 0.3 is 0 Å². The molecule has 0 spiro atoms. The van der Waals surface area contributed by atoms with Crippen LogP contribution in [-0.4, -0.2) is 311 Å². The van der Waals surface area contributed by atoms with Gasteiger partial charge in [0.2, 0.25) is 59.5 Å². The number of benzene rings is 6. The molecule has 7 aromatic heterocycles. The van der Waals surface area contributed by atoms with Gasteiger partial charge in [-0.25, -0.2) is 34.7 Å². The fourth-order valence-corrected chi connectivity index (χ4v) is 15.0. The van der Waals surface area contributed by atoms with Gasteiger partial charge in [0, 0.05) is 176 Å². The third-order valence-electron chi connectivity index (χ3n) is 22.5. The number of anilines is 13. The maximum absolute atomic E-state index is 13.0. The molecule has 14 heterocycles. The van der Waals surface area contributed by atoms with E-state index in [4.69, 9.17) is 62.8 Å². The molecule has 0 saturated carbocycles. The minimum Gasteiger partial charge on any atom is -0.507 e. The summed E-state index contributed by atoms with van der Waals surface area (Å²) in [6.07, 6.45) is 13.6. The average molecular weight is 1860 g/mol. The van der Waals surface area contributed by atoms with Gasteiger partial charge in [-0.3, -0.25) is 24.0 Å². The molecule has 13 aromatic rings. The minimum atomic E-state index is -0.242. The van der Waals surface area contributed by atoms with Crippen molar-refractivity contribution in [2.75, 3.05) is 248 Å². The number of methoxy groups -OCH3 is 1. The van der Waals surface area contributed by atoms with Crippen LogP contribution in [0.5, 0.6) is 17.2 Å². The zero-order valence-electron chi connectivity index (χ0n) is 77.0. The van der Waals surface area contributed by atoms with E-state index in [1.54, 1.807) is 90.0 Å². The van der Waals surface area contributed by atoms with Gasteiger partial charge in [0.05, 0.1) is 130 Å². The number of phenolic OH excluding ortho intramolecular Hbond substituents is 2. The lowest BCUT2D eigenvalue weighted by Gasteiger charge is -2.31. The van der Waals surface area contributed by atoms with Crippen LogP contribution in [0, 0.1) is 12.7 Å². The van der Waals surface area contributed by atoms with Gasteiger partial charge in [-0.15, -0.1) is 0 Å². The number of rotatable bonds is 24. The summed E-state index contributed by atoms with van der Waals surface area (Å²) in [5.41, 5.74) is 10.5. The second kappa shape index (κ2) is 48.8. The van der Waals surface area contributed by atoms with E-state index in [2.05, 4.69) is 105 Å². The van der Waals surface area contributed by atoms with Crippen LogP contribution < -0.4 is 54.3 Å². The molecule has 7 fully saturated rings. The number of ether oxygens (including phenoxy) is 8. The standard InChI is InChI=1S/C22H21N7O.C20H25N5O3.C19H25N7O4.C18H21FN4O.C17H19N7O/c1-3-7-18(8-4-1)29(19-9-5-2-6-10-19)22-25-20(27-13-15-30-16-14-27)24-21(26-22)28-12-11-23-17-28;26-18-4-2-1-3-16(18)14-21-15-17-13-19(24-5-9-27-10-6-24)23-20(22-17)25-7-11-28-12-8-25;1-28-15-2-3-16(27)14(12-15)13-20-24-17-21-18(25-4-8-29-9-5-25)23-19(22-17)26-6-10-30-11-7-26;1-13(15-3-5-16(19)6-4-15)20-12-17-11-18(22-14(2)21-17)23-7-9-24-10-8-23;1-22(14-5-3-2-4-6-14)15-19-16(23-9-11-25-12-10-23)21-17(20-15)24-8-7-18-13-24/h1-12,17H,13-16H2;1-4,13-14,26H,5-12,15H2;2-3,12-13,27H,4-11H2,1H3,(H,21,22,23,24);3-6,11H,7-10,12H2,1-2H3;2-8,13H,9-12H2,1H3/b;;20-13+;;. The monoisotopic (exact) mass is 1860 g/mol. The van der Waals surface area contributed by atoms with E-state index in [0.717, 1.165) is 142 Å². The van der Waals surface area contributed by atoms with E-state index in [1.807, 2.05) is 158 Å². The molecule has 712 valence electrons. The van der Waals surface area contributed by atoms with E-state index >= 15 is 0 Å². The van der Waals surface area contributed by atoms with Gasteiger partial charge in [-0.1, -0.05) is 78.9 Å². The summed E-state index contributed by atoms with van der Waals surface area (Å²) < 4.78 is 59.9. The number of halogens is 1. The predicted molar refractivity (Wildman–Crippen MR) is 521 cm³/mol. The minimum absolute atomic E-state index is 0.0972. The summed E-state index contributed by atoms with van der Waals surface area (Å²) in [5.74, 6) is 8.97. The lowest BCUT2D eigenvalue weighted by Crippen LogP contribution is -2.40. The molecule has 0 atom stereocenters. The average Bonchev–Trinajstić information content (AvgIpc) is 1.74. The first-order chi connectivity index (χ1) is 67.3. The van der Waals surface area contributed by atoms with Crippen LogP contribution in [0.1, 0.15) is 40.8 Å². The van der Waals surface area contributed by atoms with E-state index < -0.39 is 0 Å². The molecule has 137 heavy (non-hydrogen) atoms. The smallest absolute Gasteiger partial charge is 0.250 e. The van der Waals surface area contributed by atoms with Crippen molar-refractivity contribution in [3.63, 3.8) is 0 Å². The SMILES string of the molecule is CC(=NCc1cc(N2CCOCC2)nc(C)n1)c1ccc(F)cc1.CN(c1ccccc1)c1nc(N2CCOCC2)nc(-n2ccnc2)n1.COc1ccc(O)c(/C=N/Nc2nc(N3CCOCC3)nc(N3CCOCC3)n2)c1.Oc1ccccc1C=NCc1cc(N2CCOCC2)nc(N2CCOCC2)n1.c1ccc(N(c2ccccc2)c2nc(N3CCOCC3)nc(-n3ccnc3)n2)cc1. The predicted octanol–water partition coefficient (Wildman–Crippen LogP) is 9.97. The number of morpholine rings is 7. The maximum Gasteiger partial charge on any atom is 0.250 e. The third-order valence-corrected chi connectivity index (χ3v) is 22.5. The fourth-order valence-electron chi connectivity index (χ4n) is 15.0. The topological polar surface area (TPSA) is 396 Å². The summed E-state index contributed by atoms with van der Waals surface area (Å²) >= 11 is 0. The number of para-hydroxylation sites is 4. The molecule has 7 aliphatic rings. The Bertz CT molecular complexity index is 5900. The number of hydrogen-bond donors (Lipinski definition) is 3. The van der Waals surface area contributed by atoms with Crippen LogP contribution >= 0.6 is 0 Å². The summed E-state index contributed by atoms with van der Waals surface area (Å²) in [5, 5.41) is 24.1.